The first kappa shape index (κ1) is 22.6. The van der Waals surface area contributed by atoms with Gasteiger partial charge in [-0.05, 0) is 72.7 Å². The molecule has 1 saturated heterocycles. The van der Waals surface area contributed by atoms with Crippen LogP contribution in [0.15, 0.2) is 21.3 Å². The molecule has 1 aromatic carbocycles. The summed E-state index contributed by atoms with van der Waals surface area (Å²) in [6.45, 7) is 14.7. The summed E-state index contributed by atoms with van der Waals surface area (Å²) in [6, 6.07) is 5.13. The van der Waals surface area contributed by atoms with Crippen LogP contribution in [0.2, 0.25) is 0 Å². The van der Waals surface area contributed by atoms with Crippen LogP contribution in [0.5, 0.6) is 0 Å². The molecule has 2 unspecified atom stereocenters. The smallest absolute Gasteiger partial charge is 0.410 e. The van der Waals surface area contributed by atoms with E-state index in [0.717, 1.165) is 35.3 Å². The zero-order chi connectivity index (χ0) is 23.4. The second-order valence-corrected chi connectivity index (χ2v) is 10.4. The van der Waals surface area contributed by atoms with Gasteiger partial charge in [-0.25, -0.2) is 9.59 Å². The van der Waals surface area contributed by atoms with E-state index in [1.54, 1.807) is 4.90 Å². The first-order chi connectivity index (χ1) is 15.0. The minimum absolute atomic E-state index is 0.219. The Kier molecular flexibility index (Phi) is 5.74. The van der Waals surface area contributed by atoms with Gasteiger partial charge in [0.05, 0.1) is 12.1 Å². The molecule has 0 N–H and O–H groups in total. The van der Waals surface area contributed by atoms with Gasteiger partial charge >= 0.3 is 11.7 Å². The molecule has 7 heteroatoms. The number of carbonyl (C=O) groups excluding carboxylic acids is 1. The fourth-order valence-corrected chi connectivity index (χ4v) is 4.88. The van der Waals surface area contributed by atoms with E-state index in [2.05, 4.69) is 42.8 Å². The molecule has 4 rings (SSSR count). The number of nitrogens with zero attached hydrogens (tertiary/aromatic N) is 3. The summed E-state index contributed by atoms with van der Waals surface area (Å²) in [4.78, 5) is 31.8. The van der Waals surface area contributed by atoms with E-state index in [9.17, 15) is 9.59 Å². The number of aryl methyl sites for hydroxylation is 1. The topological polar surface area (TPSA) is 66.2 Å². The van der Waals surface area contributed by atoms with Crippen LogP contribution in [-0.4, -0.2) is 60.3 Å². The van der Waals surface area contributed by atoms with Crippen molar-refractivity contribution in [3.63, 3.8) is 0 Å². The fourth-order valence-electron chi connectivity index (χ4n) is 4.88. The summed E-state index contributed by atoms with van der Waals surface area (Å²) >= 11 is 0. The lowest BCUT2D eigenvalue weighted by molar-refractivity contribution is 0.0222. The number of piperazine rings is 1. The first-order valence-electron chi connectivity index (χ1n) is 11.5. The molecule has 2 aliphatic rings. The van der Waals surface area contributed by atoms with Crippen molar-refractivity contribution in [3.8, 4) is 0 Å². The Morgan fingerprint density at radius 3 is 2.41 bits per heavy atom. The average molecular weight is 442 g/mol. The van der Waals surface area contributed by atoms with Gasteiger partial charge in [-0.3, -0.25) is 4.90 Å². The Labute approximate surface area is 189 Å². The lowest BCUT2D eigenvalue weighted by Gasteiger charge is -2.44. The average Bonchev–Trinajstić information content (AvgIpc) is 2.71. The molecule has 2 aliphatic heterocycles. The number of fused-ring (bicyclic) bond motifs is 3. The van der Waals surface area contributed by atoms with Crippen molar-refractivity contribution < 1.29 is 13.9 Å². The van der Waals surface area contributed by atoms with Crippen molar-refractivity contribution in [2.45, 2.75) is 72.2 Å². The molecule has 7 nitrogen and oxygen atoms in total. The number of amides is 1. The van der Waals surface area contributed by atoms with Crippen molar-refractivity contribution in [1.82, 2.24) is 9.80 Å². The van der Waals surface area contributed by atoms with E-state index in [1.165, 1.54) is 0 Å². The zero-order valence-corrected chi connectivity index (χ0v) is 20.3. The number of carbonyl (C=O) groups is 1. The van der Waals surface area contributed by atoms with Crippen LogP contribution < -0.4 is 10.5 Å². The molecule has 1 amide bonds. The number of anilines is 1. The highest BCUT2D eigenvalue weighted by atomic mass is 16.6. The van der Waals surface area contributed by atoms with Crippen LogP contribution >= 0.6 is 0 Å². The van der Waals surface area contributed by atoms with Gasteiger partial charge in [0.25, 0.3) is 0 Å². The summed E-state index contributed by atoms with van der Waals surface area (Å²) in [5, 5.41) is 0.972. The number of rotatable bonds is 1. The van der Waals surface area contributed by atoms with Gasteiger partial charge < -0.3 is 19.0 Å². The van der Waals surface area contributed by atoms with Crippen molar-refractivity contribution in [2.24, 2.45) is 0 Å². The maximum atomic E-state index is 13.0. The number of hydrogen-bond donors (Lipinski definition) is 0. The monoisotopic (exact) mass is 441 g/mol. The number of benzene rings is 1. The van der Waals surface area contributed by atoms with Crippen LogP contribution in [0.1, 0.15) is 51.3 Å². The molecule has 174 valence electrons. The third-order valence-corrected chi connectivity index (χ3v) is 6.84. The summed E-state index contributed by atoms with van der Waals surface area (Å²) in [6.07, 6.45) is 0.213. The Hall–Kier alpha value is -2.54. The van der Waals surface area contributed by atoms with E-state index in [4.69, 9.17) is 9.15 Å². The number of likely N-dealkylation sites (N-methyl/N-ethyl adjacent to an activating group) is 1. The van der Waals surface area contributed by atoms with Gasteiger partial charge in [0.15, 0.2) is 0 Å². The van der Waals surface area contributed by atoms with Crippen LogP contribution in [0.25, 0.3) is 11.0 Å². The van der Waals surface area contributed by atoms with E-state index in [0.29, 0.717) is 36.2 Å². The Morgan fingerprint density at radius 1 is 1.12 bits per heavy atom. The Balaban J connectivity index is 1.68. The third-order valence-electron chi connectivity index (χ3n) is 6.84. The molecular formula is C25H35N3O4. The highest BCUT2D eigenvalue weighted by Gasteiger charge is 2.31. The molecule has 0 bridgehead atoms. The van der Waals surface area contributed by atoms with Crippen LogP contribution in [0.3, 0.4) is 0 Å². The largest absolute Gasteiger partial charge is 0.444 e. The molecule has 3 heterocycles. The molecule has 0 radical (unpaired) electrons. The third kappa shape index (κ3) is 4.10. The summed E-state index contributed by atoms with van der Waals surface area (Å²) in [5.41, 5.74) is 3.41. The summed E-state index contributed by atoms with van der Waals surface area (Å²) < 4.78 is 11.3. The van der Waals surface area contributed by atoms with Crippen LogP contribution in [0, 0.1) is 6.92 Å². The molecule has 1 aromatic heterocycles. The van der Waals surface area contributed by atoms with Gasteiger partial charge in [-0.15, -0.1) is 0 Å². The van der Waals surface area contributed by atoms with Gasteiger partial charge in [-0.2, -0.15) is 0 Å². The molecule has 0 saturated carbocycles. The van der Waals surface area contributed by atoms with E-state index >= 15 is 0 Å². The predicted molar refractivity (Wildman–Crippen MR) is 126 cm³/mol. The first-order valence-corrected chi connectivity index (χ1v) is 11.5. The van der Waals surface area contributed by atoms with Crippen molar-refractivity contribution in [2.75, 3.05) is 31.6 Å². The zero-order valence-electron chi connectivity index (χ0n) is 20.3. The molecular weight excluding hydrogens is 406 g/mol. The molecule has 2 aromatic rings. The number of hydrogen-bond acceptors (Lipinski definition) is 6. The molecule has 2 atom stereocenters. The lowest BCUT2D eigenvalue weighted by Crippen LogP contribution is -2.55. The molecule has 32 heavy (non-hydrogen) atoms. The minimum Gasteiger partial charge on any atom is -0.444 e. The van der Waals surface area contributed by atoms with Crippen molar-refractivity contribution in [3.05, 3.63) is 39.2 Å². The second-order valence-electron chi connectivity index (χ2n) is 10.4. The van der Waals surface area contributed by atoms with Crippen LogP contribution in [-0.2, 0) is 17.7 Å². The fraction of sp³-hybridized carbons (Fsp3) is 0.600. The van der Waals surface area contributed by atoms with Gasteiger partial charge in [0.2, 0.25) is 0 Å². The highest BCUT2D eigenvalue weighted by Crippen LogP contribution is 2.34. The highest BCUT2D eigenvalue weighted by molar-refractivity contribution is 5.89. The van der Waals surface area contributed by atoms with E-state index in [1.807, 2.05) is 27.7 Å². The maximum Gasteiger partial charge on any atom is 0.410 e. The van der Waals surface area contributed by atoms with Gasteiger partial charge in [0.1, 0.15) is 11.2 Å². The molecule has 0 aliphatic carbocycles. The Bertz CT molecular complexity index is 1090. The molecule has 0 spiro atoms. The normalized spacial score (nSPS) is 22.2. The predicted octanol–water partition coefficient (Wildman–Crippen LogP) is 3.92. The standard InChI is InChI=1S/C25H35N3O4/c1-15-12-28(13-16(2)26(15)7)21-9-8-19-18-10-11-27(24(30)32-25(4,5)6)14-20(18)23(29)31-22(19)17(21)3/h8-9,15-16H,10-14H2,1-7H3. The van der Waals surface area contributed by atoms with Crippen LogP contribution in [0.4, 0.5) is 10.5 Å². The summed E-state index contributed by atoms with van der Waals surface area (Å²) in [7, 11) is 2.17. The molecule has 1 fully saturated rings. The maximum absolute atomic E-state index is 13.0. The minimum atomic E-state index is -0.572. The quantitative estimate of drug-likeness (QED) is 0.625. The lowest BCUT2D eigenvalue weighted by atomic mass is 9.95. The van der Waals surface area contributed by atoms with Gasteiger partial charge in [0, 0.05) is 48.4 Å². The number of ether oxygens (including phenoxy) is 1. The SMILES string of the molecule is Cc1c(N2CC(C)N(C)C(C)C2)ccc2c3c(c(=O)oc12)CN(C(=O)OC(C)(C)C)CC3. The van der Waals surface area contributed by atoms with Crippen molar-refractivity contribution in [1.29, 1.82) is 0 Å². The summed E-state index contributed by atoms with van der Waals surface area (Å²) in [5.74, 6) is 0. The van der Waals surface area contributed by atoms with Gasteiger partial charge in [-0.1, -0.05) is 0 Å². The van der Waals surface area contributed by atoms with Crippen molar-refractivity contribution >= 4 is 22.7 Å². The Morgan fingerprint density at radius 2 is 1.78 bits per heavy atom. The van der Waals surface area contributed by atoms with E-state index in [-0.39, 0.29) is 12.2 Å². The van der Waals surface area contributed by atoms with E-state index < -0.39 is 11.7 Å². The second kappa shape index (κ2) is 8.10.